The number of nitro groups is 1. The van der Waals surface area contributed by atoms with Gasteiger partial charge in [0.1, 0.15) is 18.1 Å². The van der Waals surface area contributed by atoms with E-state index in [1.165, 1.54) is 30.5 Å². The molecule has 1 N–H and O–H groups in total. The number of hydrogen-bond acceptors (Lipinski definition) is 9. The molecule has 0 saturated carbocycles. The first-order valence-electron chi connectivity index (χ1n) is 12.3. The Morgan fingerprint density at radius 2 is 1.54 bits per heavy atom. The molecule has 39 heavy (non-hydrogen) atoms. The van der Waals surface area contributed by atoms with Crippen LogP contribution in [-0.2, 0) is 6.61 Å². The largest absolute Gasteiger partial charge is 0.496 e. The third-order valence-electron chi connectivity index (χ3n) is 5.30. The van der Waals surface area contributed by atoms with E-state index >= 15 is 0 Å². The number of non-ortho nitro benzene ring substituents is 1. The Morgan fingerprint density at radius 3 is 2.10 bits per heavy atom. The van der Waals surface area contributed by atoms with Gasteiger partial charge in [0.25, 0.3) is 11.6 Å². The minimum atomic E-state index is -0.472. The molecule has 0 unspecified atom stereocenters. The molecule has 3 rings (SSSR count). The van der Waals surface area contributed by atoms with E-state index in [1.807, 2.05) is 20.8 Å². The lowest BCUT2D eigenvalue weighted by molar-refractivity contribution is -0.384. The summed E-state index contributed by atoms with van der Waals surface area (Å²) in [5.74, 6) is 1.88. The summed E-state index contributed by atoms with van der Waals surface area (Å²) >= 11 is 0. The molecule has 1 amide bonds. The summed E-state index contributed by atoms with van der Waals surface area (Å²) < 4.78 is 28.2. The third-order valence-corrected chi connectivity index (χ3v) is 5.30. The van der Waals surface area contributed by atoms with Crippen LogP contribution in [0.2, 0.25) is 0 Å². The Bertz CT molecular complexity index is 1280. The molecule has 0 aliphatic heterocycles. The van der Waals surface area contributed by atoms with Crippen LogP contribution in [0.4, 0.5) is 5.69 Å². The van der Waals surface area contributed by atoms with Crippen molar-refractivity contribution >= 4 is 17.8 Å². The number of amides is 1. The quantitative estimate of drug-likeness (QED) is 0.170. The smallest absolute Gasteiger partial charge is 0.271 e. The molecule has 206 valence electrons. The second-order valence-electron chi connectivity index (χ2n) is 7.91. The summed E-state index contributed by atoms with van der Waals surface area (Å²) in [5, 5.41) is 14.9. The lowest BCUT2D eigenvalue weighted by atomic mass is 10.1. The summed E-state index contributed by atoms with van der Waals surface area (Å²) in [7, 11) is 1.54. The van der Waals surface area contributed by atoms with E-state index in [2.05, 4.69) is 10.5 Å². The Labute approximate surface area is 226 Å². The molecule has 0 fully saturated rings. The highest BCUT2D eigenvalue weighted by Crippen LogP contribution is 2.39. The Morgan fingerprint density at radius 1 is 0.897 bits per heavy atom. The first kappa shape index (κ1) is 28.8. The molecule has 0 atom stereocenters. The highest BCUT2D eigenvalue weighted by molar-refractivity contribution is 5.96. The van der Waals surface area contributed by atoms with Crippen LogP contribution in [0.15, 0.2) is 59.7 Å². The first-order valence-corrected chi connectivity index (χ1v) is 12.3. The van der Waals surface area contributed by atoms with Crippen molar-refractivity contribution in [1.82, 2.24) is 5.43 Å². The molecule has 3 aromatic carbocycles. The van der Waals surface area contributed by atoms with Crippen molar-refractivity contribution in [3.8, 4) is 28.7 Å². The topological polar surface area (TPSA) is 131 Å². The lowest BCUT2D eigenvalue weighted by Gasteiger charge is -2.16. The van der Waals surface area contributed by atoms with Gasteiger partial charge in [-0.15, -0.1) is 0 Å². The van der Waals surface area contributed by atoms with Crippen molar-refractivity contribution in [2.45, 2.75) is 27.4 Å². The minimum absolute atomic E-state index is 0.0198. The number of nitrogens with one attached hydrogen (secondary N) is 1. The standard InChI is InChI=1S/C28H31N3O8/c1-5-36-25-15-20(16-26(37-6-2)27(25)38-7-3)28(32)30-29-17-19-8-13-24(35-4)21(14-19)18-39-23-11-9-22(10-12-23)31(33)34/h8-17H,5-7,18H2,1-4H3,(H,30,32)/b29-17+. The maximum absolute atomic E-state index is 12.9. The van der Waals surface area contributed by atoms with Gasteiger partial charge in [-0.1, -0.05) is 0 Å². The number of nitrogens with zero attached hydrogens (tertiary/aromatic N) is 2. The number of carbonyl (C=O) groups excluding carboxylic acids is 1. The number of rotatable bonds is 14. The lowest BCUT2D eigenvalue weighted by Crippen LogP contribution is -2.18. The van der Waals surface area contributed by atoms with Gasteiger partial charge >= 0.3 is 0 Å². The number of methoxy groups -OCH3 is 1. The van der Waals surface area contributed by atoms with Crippen molar-refractivity contribution in [3.05, 3.63) is 81.4 Å². The minimum Gasteiger partial charge on any atom is -0.496 e. The van der Waals surface area contributed by atoms with Crippen LogP contribution in [0.3, 0.4) is 0 Å². The zero-order chi connectivity index (χ0) is 28.2. The van der Waals surface area contributed by atoms with Gasteiger partial charge in [-0.2, -0.15) is 5.10 Å². The highest BCUT2D eigenvalue weighted by Gasteiger charge is 2.18. The van der Waals surface area contributed by atoms with Crippen LogP contribution < -0.4 is 29.1 Å². The van der Waals surface area contributed by atoms with Crippen molar-refractivity contribution in [1.29, 1.82) is 0 Å². The molecule has 0 bridgehead atoms. The zero-order valence-corrected chi connectivity index (χ0v) is 22.3. The number of ether oxygens (including phenoxy) is 5. The van der Waals surface area contributed by atoms with Crippen LogP contribution in [-0.4, -0.2) is 44.0 Å². The molecule has 0 aromatic heterocycles. The van der Waals surface area contributed by atoms with Gasteiger partial charge in [0.05, 0.1) is 38.1 Å². The molecule has 11 nitrogen and oxygen atoms in total. The van der Waals surface area contributed by atoms with E-state index in [0.717, 1.165) is 5.56 Å². The Balaban J connectivity index is 1.72. The van der Waals surface area contributed by atoms with Gasteiger partial charge in [-0.3, -0.25) is 14.9 Å². The zero-order valence-electron chi connectivity index (χ0n) is 22.3. The molecule has 0 aliphatic carbocycles. The number of nitro benzene ring substituents is 1. The van der Waals surface area contributed by atoms with E-state index in [-0.39, 0.29) is 12.3 Å². The molecule has 0 aliphatic rings. The van der Waals surface area contributed by atoms with Crippen LogP contribution in [0.25, 0.3) is 0 Å². The van der Waals surface area contributed by atoms with E-state index in [0.29, 0.717) is 59.7 Å². The van der Waals surface area contributed by atoms with Gasteiger partial charge in [-0.25, -0.2) is 5.43 Å². The predicted molar refractivity (Wildman–Crippen MR) is 145 cm³/mol. The van der Waals surface area contributed by atoms with E-state index in [9.17, 15) is 14.9 Å². The molecular weight excluding hydrogens is 506 g/mol. The monoisotopic (exact) mass is 537 g/mol. The van der Waals surface area contributed by atoms with Crippen LogP contribution in [0.1, 0.15) is 42.3 Å². The van der Waals surface area contributed by atoms with Crippen LogP contribution in [0, 0.1) is 10.1 Å². The molecule has 3 aromatic rings. The van der Waals surface area contributed by atoms with Gasteiger partial charge in [-0.05, 0) is 68.8 Å². The third kappa shape index (κ3) is 7.84. The fraction of sp³-hybridized carbons (Fsp3) is 0.286. The van der Waals surface area contributed by atoms with Crippen molar-refractivity contribution < 1.29 is 33.4 Å². The summed E-state index contributed by atoms with van der Waals surface area (Å²) in [6, 6.07) is 14.3. The number of hydrogen-bond donors (Lipinski definition) is 1. The molecular formula is C28H31N3O8. The van der Waals surface area contributed by atoms with Crippen LogP contribution in [0.5, 0.6) is 28.7 Å². The SMILES string of the molecule is CCOc1cc(C(=O)N/N=C/c2ccc(OC)c(COc3ccc([N+](=O)[O-])cc3)c2)cc(OCC)c1OCC. The highest BCUT2D eigenvalue weighted by atomic mass is 16.6. The summed E-state index contributed by atoms with van der Waals surface area (Å²) in [6.45, 7) is 6.89. The fourth-order valence-corrected chi connectivity index (χ4v) is 3.57. The molecule has 0 heterocycles. The number of benzene rings is 3. The van der Waals surface area contributed by atoms with E-state index in [4.69, 9.17) is 23.7 Å². The maximum Gasteiger partial charge on any atom is 0.271 e. The molecule has 0 radical (unpaired) electrons. The van der Waals surface area contributed by atoms with Gasteiger partial charge in [0.2, 0.25) is 5.75 Å². The van der Waals surface area contributed by atoms with Crippen molar-refractivity contribution in [3.63, 3.8) is 0 Å². The van der Waals surface area contributed by atoms with Gasteiger partial charge < -0.3 is 23.7 Å². The Hall–Kier alpha value is -4.80. The average molecular weight is 538 g/mol. The van der Waals surface area contributed by atoms with Crippen molar-refractivity contribution in [2.75, 3.05) is 26.9 Å². The predicted octanol–water partition coefficient (Wildman–Crippen LogP) is 5.14. The number of carbonyl (C=O) groups is 1. The summed E-state index contributed by atoms with van der Waals surface area (Å²) in [4.78, 5) is 23.2. The summed E-state index contributed by atoms with van der Waals surface area (Å²) in [5.41, 5.74) is 4.21. The molecule has 0 spiro atoms. The first-order chi connectivity index (χ1) is 18.9. The summed E-state index contributed by atoms with van der Waals surface area (Å²) in [6.07, 6.45) is 1.49. The van der Waals surface area contributed by atoms with Gasteiger partial charge in [0.15, 0.2) is 11.5 Å². The van der Waals surface area contributed by atoms with Gasteiger partial charge in [0, 0.05) is 23.3 Å². The average Bonchev–Trinajstić information content (AvgIpc) is 2.94. The Kier molecular flexibility index (Phi) is 10.5. The molecule has 0 saturated heterocycles. The van der Waals surface area contributed by atoms with Crippen LogP contribution >= 0.6 is 0 Å². The van der Waals surface area contributed by atoms with Crippen molar-refractivity contribution in [2.24, 2.45) is 5.10 Å². The van der Waals surface area contributed by atoms with E-state index in [1.54, 1.807) is 37.4 Å². The number of hydrazone groups is 1. The fourth-order valence-electron chi connectivity index (χ4n) is 3.57. The van der Waals surface area contributed by atoms with E-state index < -0.39 is 10.8 Å². The second-order valence-corrected chi connectivity index (χ2v) is 7.91. The second kappa shape index (κ2) is 14.2. The maximum atomic E-state index is 12.9. The molecule has 11 heteroatoms. The normalized spacial score (nSPS) is 10.7.